The van der Waals surface area contributed by atoms with Crippen LogP contribution in [-0.2, 0) is 26.6 Å². The summed E-state index contributed by atoms with van der Waals surface area (Å²) in [6.45, 7) is 1.22. The first kappa shape index (κ1) is 20.5. The van der Waals surface area contributed by atoms with Gasteiger partial charge in [0.2, 0.25) is 20.0 Å². The van der Waals surface area contributed by atoms with Crippen LogP contribution in [0.5, 0.6) is 5.75 Å². The van der Waals surface area contributed by atoms with Gasteiger partial charge in [-0.25, -0.2) is 25.5 Å². The number of hydrogen-bond donors (Lipinski definition) is 0. The minimum atomic E-state index is -3.31. The van der Waals surface area contributed by atoms with Gasteiger partial charge in [-0.1, -0.05) is 6.07 Å². The number of halogens is 1. The maximum absolute atomic E-state index is 14.4. The zero-order valence-corrected chi connectivity index (χ0v) is 16.9. The van der Waals surface area contributed by atoms with Crippen molar-refractivity contribution in [2.24, 2.45) is 0 Å². The molecule has 7 nitrogen and oxygen atoms in total. The molecule has 10 heteroatoms. The van der Waals surface area contributed by atoms with Gasteiger partial charge >= 0.3 is 0 Å². The summed E-state index contributed by atoms with van der Waals surface area (Å²) in [6, 6.07) is 4.47. The van der Waals surface area contributed by atoms with Crippen molar-refractivity contribution in [1.82, 2.24) is 8.61 Å². The van der Waals surface area contributed by atoms with Gasteiger partial charge < -0.3 is 4.74 Å². The first-order valence-electron chi connectivity index (χ1n) is 9.03. The Morgan fingerprint density at radius 2 is 1.89 bits per heavy atom. The predicted molar refractivity (Wildman–Crippen MR) is 99.9 cm³/mol. The molecule has 0 radical (unpaired) electrons. The van der Waals surface area contributed by atoms with E-state index >= 15 is 0 Å². The number of sulfonamides is 2. The van der Waals surface area contributed by atoms with Crippen LogP contribution < -0.4 is 4.74 Å². The Morgan fingerprint density at radius 1 is 1.19 bits per heavy atom. The average molecular weight is 421 g/mol. The summed E-state index contributed by atoms with van der Waals surface area (Å²) < 4.78 is 70.1. The van der Waals surface area contributed by atoms with Gasteiger partial charge in [-0.3, -0.25) is 0 Å². The van der Waals surface area contributed by atoms with Crippen molar-refractivity contribution in [3.63, 3.8) is 0 Å². The molecule has 2 saturated heterocycles. The Hall–Kier alpha value is -1.23. The fraction of sp³-hybridized carbons (Fsp3) is 0.647. The Balaban J connectivity index is 1.60. The highest BCUT2D eigenvalue weighted by atomic mass is 32.2. The number of benzene rings is 1. The Labute approximate surface area is 160 Å². The normalized spacial score (nSPS) is 22.6. The number of hydrogen-bond acceptors (Lipinski definition) is 5. The molecule has 0 saturated carbocycles. The molecule has 3 rings (SSSR count). The van der Waals surface area contributed by atoms with E-state index < -0.39 is 25.9 Å². The molecular formula is C17H25FN2O5S2. The number of nitrogens with zero attached hydrogens (tertiary/aromatic N) is 2. The third kappa shape index (κ3) is 5.18. The van der Waals surface area contributed by atoms with Crippen LogP contribution in [0.2, 0.25) is 0 Å². The molecule has 0 spiro atoms. The second-order valence-corrected chi connectivity index (χ2v) is 11.2. The smallest absolute Gasteiger partial charge is 0.214 e. The van der Waals surface area contributed by atoms with Crippen molar-refractivity contribution in [2.75, 3.05) is 31.6 Å². The maximum atomic E-state index is 14.4. The average Bonchev–Trinajstić information content (AvgIpc) is 2.58. The largest absolute Gasteiger partial charge is 0.490 e. The summed E-state index contributed by atoms with van der Waals surface area (Å²) in [5.74, 6) is -0.0143. The fourth-order valence-corrected chi connectivity index (χ4v) is 5.86. The molecule has 0 amide bonds. The molecule has 0 aromatic heterocycles. The van der Waals surface area contributed by atoms with E-state index in [1.807, 2.05) is 0 Å². The highest BCUT2D eigenvalue weighted by molar-refractivity contribution is 7.89. The van der Waals surface area contributed by atoms with Crippen LogP contribution in [0.25, 0.3) is 0 Å². The lowest BCUT2D eigenvalue weighted by molar-refractivity contribution is 0.135. The molecule has 2 fully saturated rings. The molecule has 0 bridgehead atoms. The third-order valence-electron chi connectivity index (χ3n) is 5.00. The van der Waals surface area contributed by atoms with Gasteiger partial charge in [-0.2, -0.15) is 4.31 Å². The minimum absolute atomic E-state index is 0.0290. The molecule has 2 aliphatic rings. The maximum Gasteiger partial charge on any atom is 0.214 e. The zero-order valence-electron chi connectivity index (χ0n) is 15.3. The molecule has 2 heterocycles. The summed E-state index contributed by atoms with van der Waals surface area (Å²) in [5.41, 5.74) is 0.319. The predicted octanol–water partition coefficient (Wildman–Crippen LogP) is 1.55. The second kappa shape index (κ2) is 8.02. The lowest BCUT2D eigenvalue weighted by atomic mass is 10.1. The molecule has 0 unspecified atom stereocenters. The number of ether oxygens (including phenoxy) is 1. The Morgan fingerprint density at radius 3 is 2.48 bits per heavy atom. The van der Waals surface area contributed by atoms with Crippen LogP contribution in [0.3, 0.4) is 0 Å². The highest BCUT2D eigenvalue weighted by Gasteiger charge is 2.28. The fourth-order valence-electron chi connectivity index (χ4n) is 3.41. The van der Waals surface area contributed by atoms with Crippen molar-refractivity contribution < 1.29 is 26.0 Å². The van der Waals surface area contributed by atoms with Crippen molar-refractivity contribution in [3.8, 4) is 5.75 Å². The van der Waals surface area contributed by atoms with Crippen LogP contribution >= 0.6 is 0 Å². The first-order valence-corrected chi connectivity index (χ1v) is 12.5. The van der Waals surface area contributed by atoms with E-state index in [0.717, 1.165) is 6.42 Å². The number of piperidine rings is 1. The summed E-state index contributed by atoms with van der Waals surface area (Å²) in [7, 11) is -6.50. The van der Waals surface area contributed by atoms with E-state index in [9.17, 15) is 21.2 Å². The van der Waals surface area contributed by atoms with Crippen molar-refractivity contribution >= 4 is 20.0 Å². The van der Waals surface area contributed by atoms with Crippen molar-refractivity contribution in [3.05, 3.63) is 29.6 Å². The minimum Gasteiger partial charge on any atom is -0.490 e. The van der Waals surface area contributed by atoms with E-state index in [-0.39, 0.29) is 18.4 Å². The quantitative estimate of drug-likeness (QED) is 0.722. The Bertz CT molecular complexity index is 881. The molecular weight excluding hydrogens is 395 g/mol. The van der Waals surface area contributed by atoms with E-state index in [4.69, 9.17) is 4.74 Å². The summed E-state index contributed by atoms with van der Waals surface area (Å²) in [5, 5.41) is 0. The van der Waals surface area contributed by atoms with Crippen LogP contribution in [-0.4, -0.2) is 63.2 Å². The summed E-state index contributed by atoms with van der Waals surface area (Å²) >= 11 is 0. The monoisotopic (exact) mass is 420 g/mol. The Kier molecular flexibility index (Phi) is 6.09. The molecule has 0 atom stereocenters. The van der Waals surface area contributed by atoms with Crippen LogP contribution in [0, 0.1) is 5.82 Å². The van der Waals surface area contributed by atoms with E-state index in [0.29, 0.717) is 50.2 Å². The van der Waals surface area contributed by atoms with Gasteiger partial charge in [-0.05, 0) is 31.7 Å². The van der Waals surface area contributed by atoms with E-state index in [1.165, 1.54) is 20.9 Å². The second-order valence-electron chi connectivity index (χ2n) is 7.09. The summed E-state index contributed by atoms with van der Waals surface area (Å²) in [6.07, 6.45) is 3.53. The highest BCUT2D eigenvalue weighted by Crippen LogP contribution is 2.24. The molecule has 0 aliphatic carbocycles. The molecule has 27 heavy (non-hydrogen) atoms. The first-order chi connectivity index (χ1) is 12.6. The lowest BCUT2D eigenvalue weighted by Crippen LogP contribution is -2.41. The molecule has 1 aromatic carbocycles. The zero-order chi connectivity index (χ0) is 19.7. The SMILES string of the molecule is CS(=O)(=O)N1CCC(Oc2ccc(CN3CCCCS3(=O)=O)c(F)c2)CC1. The molecule has 1 aromatic rings. The van der Waals surface area contributed by atoms with Crippen molar-refractivity contribution in [2.45, 2.75) is 38.3 Å². The van der Waals surface area contributed by atoms with Gasteiger partial charge in [0, 0.05) is 37.8 Å². The topological polar surface area (TPSA) is 84.0 Å². The molecule has 2 aliphatic heterocycles. The standard InChI is InChI=1S/C17H25FN2O5S2/c1-26(21,22)19-9-6-15(7-10-19)25-16-5-4-14(17(18)12-16)13-20-8-2-3-11-27(20,23)24/h4-5,12,15H,2-3,6-11,13H2,1H3. The van der Waals surface area contributed by atoms with E-state index in [1.54, 1.807) is 12.1 Å². The number of rotatable bonds is 5. The lowest BCUT2D eigenvalue weighted by Gasteiger charge is -2.30. The van der Waals surface area contributed by atoms with E-state index in [2.05, 4.69) is 0 Å². The summed E-state index contributed by atoms with van der Waals surface area (Å²) in [4.78, 5) is 0. The molecule has 0 N–H and O–H groups in total. The third-order valence-corrected chi connectivity index (χ3v) is 8.20. The van der Waals surface area contributed by atoms with Crippen molar-refractivity contribution in [1.29, 1.82) is 0 Å². The van der Waals surface area contributed by atoms with Gasteiger partial charge in [0.05, 0.1) is 12.0 Å². The van der Waals surface area contributed by atoms with Crippen LogP contribution in [0.15, 0.2) is 18.2 Å². The van der Waals surface area contributed by atoms with Crippen LogP contribution in [0.4, 0.5) is 4.39 Å². The van der Waals surface area contributed by atoms with Crippen LogP contribution in [0.1, 0.15) is 31.2 Å². The van der Waals surface area contributed by atoms with Gasteiger partial charge in [0.25, 0.3) is 0 Å². The van der Waals surface area contributed by atoms with Gasteiger partial charge in [0.15, 0.2) is 0 Å². The van der Waals surface area contributed by atoms with Gasteiger partial charge in [0.1, 0.15) is 17.7 Å². The van der Waals surface area contributed by atoms with Gasteiger partial charge in [-0.15, -0.1) is 0 Å². The molecule has 152 valence electrons.